The third-order valence-corrected chi connectivity index (χ3v) is 4.51. The van der Waals surface area contributed by atoms with Crippen LogP contribution in [0.25, 0.3) is 5.76 Å². The number of nitrogens with one attached hydrogen (secondary N) is 2. The molecule has 0 aromatic heterocycles. The van der Waals surface area contributed by atoms with Crippen molar-refractivity contribution < 1.29 is 9.90 Å². The van der Waals surface area contributed by atoms with Crippen LogP contribution in [0.4, 0.5) is 5.69 Å². The van der Waals surface area contributed by atoms with E-state index in [4.69, 9.17) is 5.41 Å². The van der Waals surface area contributed by atoms with Crippen LogP contribution in [0.1, 0.15) is 27.0 Å². The topological polar surface area (TPSA) is 73.2 Å². The van der Waals surface area contributed by atoms with E-state index in [9.17, 15) is 9.90 Å². The summed E-state index contributed by atoms with van der Waals surface area (Å²) in [6.45, 7) is 3.53. The smallest absolute Gasteiger partial charge is 0.255 e. The number of benzene rings is 3. The number of aliphatic hydroxyl groups excluding tert-OH is 1. The van der Waals surface area contributed by atoms with Gasteiger partial charge in [0.05, 0.1) is 11.4 Å². The molecule has 134 valence electrons. The minimum atomic E-state index is -0.331. The zero-order chi connectivity index (χ0) is 19.4. The second-order valence-electron chi connectivity index (χ2n) is 5.91. The lowest BCUT2D eigenvalue weighted by molar-refractivity contribution is 0.102. The zero-order valence-corrected chi connectivity index (χ0v) is 16.0. The van der Waals surface area contributed by atoms with Crippen molar-refractivity contribution in [1.29, 1.82) is 5.41 Å². The maximum atomic E-state index is 12.7. The van der Waals surface area contributed by atoms with E-state index in [1.54, 1.807) is 42.5 Å². The van der Waals surface area contributed by atoms with Gasteiger partial charge in [-0.15, -0.1) is 0 Å². The quantitative estimate of drug-likeness (QED) is 0.368. The summed E-state index contributed by atoms with van der Waals surface area (Å²) in [5.74, 6) is -0.464. The molecule has 3 aromatic carbocycles. The Morgan fingerprint density at radius 1 is 0.926 bits per heavy atom. The SMILES string of the molecule is C=C(O)c1cc(Br)ccc1NC(=O)c1cccc(C(=N)c2ccccc2)c1. The first-order valence-corrected chi connectivity index (χ1v) is 8.98. The molecule has 0 saturated carbocycles. The van der Waals surface area contributed by atoms with E-state index >= 15 is 0 Å². The maximum absolute atomic E-state index is 12.7. The molecule has 3 rings (SSSR count). The zero-order valence-electron chi connectivity index (χ0n) is 14.4. The van der Waals surface area contributed by atoms with E-state index in [0.29, 0.717) is 28.1 Å². The summed E-state index contributed by atoms with van der Waals surface area (Å²) in [5, 5.41) is 20.9. The molecule has 1 amide bonds. The van der Waals surface area contributed by atoms with Gasteiger partial charge in [-0.3, -0.25) is 10.2 Å². The van der Waals surface area contributed by atoms with E-state index in [0.717, 1.165) is 10.0 Å². The summed E-state index contributed by atoms with van der Waals surface area (Å²) < 4.78 is 0.768. The highest BCUT2D eigenvalue weighted by Gasteiger charge is 2.13. The number of aliphatic hydroxyl groups is 1. The van der Waals surface area contributed by atoms with Crippen LogP contribution in [0.3, 0.4) is 0 Å². The predicted molar refractivity (Wildman–Crippen MR) is 113 cm³/mol. The van der Waals surface area contributed by atoms with Crippen LogP contribution in [-0.2, 0) is 0 Å². The van der Waals surface area contributed by atoms with Crippen molar-refractivity contribution in [2.24, 2.45) is 0 Å². The van der Waals surface area contributed by atoms with Crippen molar-refractivity contribution in [2.75, 3.05) is 5.32 Å². The van der Waals surface area contributed by atoms with Crippen LogP contribution in [-0.4, -0.2) is 16.7 Å². The van der Waals surface area contributed by atoms with E-state index in [1.807, 2.05) is 30.3 Å². The van der Waals surface area contributed by atoms with E-state index in [-0.39, 0.29) is 11.7 Å². The van der Waals surface area contributed by atoms with Crippen molar-refractivity contribution in [3.63, 3.8) is 0 Å². The number of rotatable bonds is 5. The lowest BCUT2D eigenvalue weighted by Crippen LogP contribution is -2.14. The van der Waals surface area contributed by atoms with Gasteiger partial charge in [0.25, 0.3) is 5.91 Å². The summed E-state index contributed by atoms with van der Waals surface area (Å²) in [7, 11) is 0. The Balaban J connectivity index is 1.87. The molecule has 0 saturated heterocycles. The molecule has 4 nitrogen and oxygen atoms in total. The van der Waals surface area contributed by atoms with E-state index in [1.165, 1.54) is 0 Å². The van der Waals surface area contributed by atoms with Crippen molar-refractivity contribution in [3.05, 3.63) is 106 Å². The molecule has 27 heavy (non-hydrogen) atoms. The molecule has 0 atom stereocenters. The van der Waals surface area contributed by atoms with Gasteiger partial charge in [0.15, 0.2) is 0 Å². The number of halogens is 1. The monoisotopic (exact) mass is 420 g/mol. The average molecular weight is 421 g/mol. The summed E-state index contributed by atoms with van der Waals surface area (Å²) >= 11 is 3.33. The molecule has 0 fully saturated rings. The Labute approximate surface area is 165 Å². The molecule has 0 aliphatic carbocycles. The number of carbonyl (C=O) groups is 1. The van der Waals surface area contributed by atoms with Gasteiger partial charge >= 0.3 is 0 Å². The highest BCUT2D eigenvalue weighted by molar-refractivity contribution is 9.10. The van der Waals surface area contributed by atoms with Crippen LogP contribution < -0.4 is 5.32 Å². The van der Waals surface area contributed by atoms with Crippen LogP contribution in [0.15, 0.2) is 83.8 Å². The van der Waals surface area contributed by atoms with Crippen LogP contribution in [0.5, 0.6) is 0 Å². The average Bonchev–Trinajstić information content (AvgIpc) is 2.69. The Hall–Kier alpha value is -3.18. The predicted octanol–water partition coefficient (Wildman–Crippen LogP) is 5.65. The fraction of sp³-hybridized carbons (Fsp3) is 0. The third kappa shape index (κ3) is 4.33. The first-order valence-electron chi connectivity index (χ1n) is 8.19. The van der Waals surface area contributed by atoms with Gasteiger partial charge in [0, 0.05) is 21.2 Å². The van der Waals surface area contributed by atoms with Crippen LogP contribution >= 0.6 is 15.9 Å². The lowest BCUT2D eigenvalue weighted by atomic mass is 10.0. The fourth-order valence-corrected chi connectivity index (χ4v) is 3.01. The first kappa shape index (κ1) is 18.6. The fourth-order valence-electron chi connectivity index (χ4n) is 2.65. The molecule has 0 aliphatic rings. The van der Waals surface area contributed by atoms with Crippen molar-refractivity contribution in [2.45, 2.75) is 0 Å². The number of carbonyl (C=O) groups excluding carboxylic acids is 1. The molecular formula is C22H17BrN2O2. The summed E-state index contributed by atoms with van der Waals surface area (Å²) in [6, 6.07) is 21.4. The Kier molecular flexibility index (Phi) is 5.52. The normalized spacial score (nSPS) is 10.3. The standard InChI is InChI=1S/C22H17BrN2O2/c1-14(26)19-13-18(23)10-11-20(19)25-22(27)17-9-5-8-16(12-17)21(24)15-6-3-2-4-7-15/h2-13,24,26H,1H2,(H,25,27). The lowest BCUT2D eigenvalue weighted by Gasteiger charge is -2.12. The highest BCUT2D eigenvalue weighted by Crippen LogP contribution is 2.26. The highest BCUT2D eigenvalue weighted by atomic mass is 79.9. The van der Waals surface area contributed by atoms with Gasteiger partial charge < -0.3 is 10.4 Å². The molecule has 3 aromatic rings. The molecule has 0 spiro atoms. The molecule has 3 N–H and O–H groups in total. The van der Waals surface area contributed by atoms with Crippen molar-refractivity contribution >= 4 is 39.0 Å². The van der Waals surface area contributed by atoms with E-state index < -0.39 is 0 Å². The summed E-state index contributed by atoms with van der Waals surface area (Å²) in [6.07, 6.45) is 0. The summed E-state index contributed by atoms with van der Waals surface area (Å²) in [4.78, 5) is 12.7. The number of anilines is 1. The van der Waals surface area contributed by atoms with E-state index in [2.05, 4.69) is 27.8 Å². The minimum absolute atomic E-state index is 0.133. The first-order chi connectivity index (χ1) is 13.0. The van der Waals surface area contributed by atoms with Crippen LogP contribution in [0, 0.1) is 5.41 Å². The summed E-state index contributed by atoms with van der Waals surface area (Å²) in [5.41, 5.74) is 3.09. The molecule has 0 radical (unpaired) electrons. The molecule has 5 heteroatoms. The van der Waals surface area contributed by atoms with Gasteiger partial charge in [-0.2, -0.15) is 0 Å². The number of hydrogen-bond donors (Lipinski definition) is 3. The second kappa shape index (κ2) is 8.01. The number of amides is 1. The van der Waals surface area contributed by atoms with Crippen LogP contribution in [0.2, 0.25) is 0 Å². The van der Waals surface area contributed by atoms with Gasteiger partial charge in [0.2, 0.25) is 0 Å². The van der Waals surface area contributed by atoms with Gasteiger partial charge in [-0.05, 0) is 35.9 Å². The third-order valence-electron chi connectivity index (χ3n) is 4.02. The Morgan fingerprint density at radius 3 is 2.30 bits per heavy atom. The van der Waals surface area contributed by atoms with Crippen molar-refractivity contribution in [1.82, 2.24) is 0 Å². The van der Waals surface area contributed by atoms with Gasteiger partial charge in [-0.25, -0.2) is 0 Å². The molecule has 0 unspecified atom stereocenters. The van der Waals surface area contributed by atoms with Gasteiger partial charge in [-0.1, -0.05) is 65.0 Å². The molecule has 0 bridgehead atoms. The Morgan fingerprint density at radius 2 is 1.59 bits per heavy atom. The molecular weight excluding hydrogens is 404 g/mol. The van der Waals surface area contributed by atoms with Crippen molar-refractivity contribution in [3.8, 4) is 0 Å². The van der Waals surface area contributed by atoms with Gasteiger partial charge in [0.1, 0.15) is 5.76 Å². The maximum Gasteiger partial charge on any atom is 0.255 e. The minimum Gasteiger partial charge on any atom is -0.508 e. The molecule has 0 aliphatic heterocycles. The second-order valence-corrected chi connectivity index (χ2v) is 6.83. The largest absolute Gasteiger partial charge is 0.508 e. The molecule has 0 heterocycles. The Bertz CT molecular complexity index is 1030. The number of hydrogen-bond acceptors (Lipinski definition) is 3.